The quantitative estimate of drug-likeness (QED) is 0.690. The summed E-state index contributed by atoms with van der Waals surface area (Å²) >= 11 is 0. The monoisotopic (exact) mass is 271 g/mol. The van der Waals surface area contributed by atoms with Crippen molar-refractivity contribution in [2.45, 2.75) is 12.3 Å². The summed E-state index contributed by atoms with van der Waals surface area (Å²) in [6.45, 7) is 0.340. The number of nitrogen functional groups attached to an aromatic ring is 1. The molecule has 4 heteroatoms. The van der Waals surface area contributed by atoms with Crippen molar-refractivity contribution in [3.05, 3.63) is 65.0 Å². The van der Waals surface area contributed by atoms with E-state index in [1.54, 1.807) is 0 Å². The molecule has 0 amide bonds. The van der Waals surface area contributed by atoms with Gasteiger partial charge in [-0.1, -0.05) is 24.3 Å². The molecule has 0 aromatic heterocycles. The first-order valence-corrected chi connectivity index (χ1v) is 6.45. The number of rotatable bonds is 3. The lowest BCUT2D eigenvalue weighted by atomic mass is 9.78. The van der Waals surface area contributed by atoms with Crippen molar-refractivity contribution >= 4 is 11.7 Å². The number of hydrogen-bond acceptors (Lipinski definition) is 3. The molecule has 0 aliphatic heterocycles. The van der Waals surface area contributed by atoms with Crippen molar-refractivity contribution in [3.8, 4) is 0 Å². The fourth-order valence-electron chi connectivity index (χ4n) is 2.44. The molecule has 1 aliphatic rings. The van der Waals surface area contributed by atoms with Crippen LogP contribution in [0.25, 0.3) is 0 Å². The highest BCUT2D eigenvalue weighted by atomic mass is 19.1. The van der Waals surface area contributed by atoms with Crippen molar-refractivity contribution in [1.29, 1.82) is 0 Å². The number of ether oxygens (including phenoxy) is 1. The summed E-state index contributed by atoms with van der Waals surface area (Å²) in [4.78, 5) is 11.9. The van der Waals surface area contributed by atoms with E-state index in [-0.39, 0.29) is 17.2 Å². The molecule has 0 spiro atoms. The third-order valence-electron chi connectivity index (χ3n) is 3.61. The van der Waals surface area contributed by atoms with Crippen LogP contribution in [0.5, 0.6) is 0 Å². The van der Waals surface area contributed by atoms with Crippen molar-refractivity contribution in [2.75, 3.05) is 12.3 Å². The molecule has 0 bridgehead atoms. The smallest absolute Gasteiger partial charge is 0.338 e. The topological polar surface area (TPSA) is 52.3 Å². The van der Waals surface area contributed by atoms with Gasteiger partial charge in [0.2, 0.25) is 0 Å². The Bertz CT molecular complexity index is 669. The largest absolute Gasteiger partial charge is 0.461 e. The molecule has 3 nitrogen and oxygen atoms in total. The Hall–Kier alpha value is -2.36. The zero-order chi connectivity index (χ0) is 14.1. The number of carbonyl (C=O) groups excluding carboxylic acids is 1. The highest BCUT2D eigenvalue weighted by Gasteiger charge is 2.26. The number of nitrogens with two attached hydrogens (primary N) is 1. The van der Waals surface area contributed by atoms with Gasteiger partial charge in [0.15, 0.2) is 0 Å². The van der Waals surface area contributed by atoms with Crippen LogP contribution in [-0.4, -0.2) is 12.6 Å². The molecule has 2 N–H and O–H groups in total. The van der Waals surface area contributed by atoms with E-state index in [9.17, 15) is 9.18 Å². The first-order valence-electron chi connectivity index (χ1n) is 6.45. The molecule has 102 valence electrons. The van der Waals surface area contributed by atoms with Crippen molar-refractivity contribution in [3.63, 3.8) is 0 Å². The molecule has 2 aromatic rings. The molecule has 0 saturated carbocycles. The molecule has 1 atom stereocenters. The van der Waals surface area contributed by atoms with E-state index in [2.05, 4.69) is 6.07 Å². The van der Waals surface area contributed by atoms with Gasteiger partial charge in [-0.25, -0.2) is 9.18 Å². The minimum absolute atomic E-state index is 0.0477. The van der Waals surface area contributed by atoms with Crippen LogP contribution >= 0.6 is 0 Å². The van der Waals surface area contributed by atoms with Gasteiger partial charge in [-0.2, -0.15) is 0 Å². The zero-order valence-corrected chi connectivity index (χ0v) is 10.8. The van der Waals surface area contributed by atoms with Crippen LogP contribution in [0, 0.1) is 5.82 Å². The van der Waals surface area contributed by atoms with Crippen LogP contribution in [0.3, 0.4) is 0 Å². The fraction of sp³-hybridized carbons (Fsp3) is 0.188. The first-order chi connectivity index (χ1) is 9.65. The van der Waals surface area contributed by atoms with E-state index in [0.717, 1.165) is 6.42 Å². The molecule has 0 saturated heterocycles. The van der Waals surface area contributed by atoms with Crippen LogP contribution < -0.4 is 5.73 Å². The van der Waals surface area contributed by atoms with Gasteiger partial charge in [0.1, 0.15) is 5.82 Å². The molecule has 20 heavy (non-hydrogen) atoms. The molecule has 1 aliphatic carbocycles. The molecule has 1 unspecified atom stereocenters. The number of carbonyl (C=O) groups is 1. The van der Waals surface area contributed by atoms with E-state index in [0.29, 0.717) is 6.61 Å². The van der Waals surface area contributed by atoms with Crippen molar-refractivity contribution < 1.29 is 13.9 Å². The number of halogens is 1. The summed E-state index contributed by atoms with van der Waals surface area (Å²) in [5, 5.41) is 0. The molecule has 0 radical (unpaired) electrons. The van der Waals surface area contributed by atoms with Gasteiger partial charge in [-0.15, -0.1) is 0 Å². The second-order valence-corrected chi connectivity index (χ2v) is 4.93. The summed E-state index contributed by atoms with van der Waals surface area (Å²) in [7, 11) is 0. The van der Waals surface area contributed by atoms with Crippen LogP contribution in [0.15, 0.2) is 42.5 Å². The summed E-state index contributed by atoms with van der Waals surface area (Å²) in [6.07, 6.45) is 0.926. The van der Waals surface area contributed by atoms with Gasteiger partial charge in [-0.3, -0.25) is 0 Å². The minimum Gasteiger partial charge on any atom is -0.461 e. The third kappa shape index (κ3) is 2.25. The fourth-order valence-corrected chi connectivity index (χ4v) is 2.44. The SMILES string of the molecule is Nc1cc(C(=O)OCC2Cc3ccccc32)ccc1F. The van der Waals surface area contributed by atoms with E-state index in [4.69, 9.17) is 10.5 Å². The van der Waals surface area contributed by atoms with Gasteiger partial charge in [-0.05, 0) is 35.7 Å². The van der Waals surface area contributed by atoms with Gasteiger partial charge in [0, 0.05) is 5.92 Å². The van der Waals surface area contributed by atoms with E-state index >= 15 is 0 Å². The molecule has 3 rings (SSSR count). The predicted octanol–water partition coefficient (Wildman–Crippen LogP) is 2.90. The van der Waals surface area contributed by atoms with Crippen LogP contribution in [0.4, 0.5) is 10.1 Å². The number of benzene rings is 2. The van der Waals surface area contributed by atoms with Crippen LogP contribution in [-0.2, 0) is 11.2 Å². The molecular formula is C16H14FNO2. The second kappa shape index (κ2) is 4.96. The Morgan fingerprint density at radius 1 is 1.30 bits per heavy atom. The van der Waals surface area contributed by atoms with Crippen LogP contribution in [0.1, 0.15) is 27.4 Å². The molecule has 2 aromatic carbocycles. The predicted molar refractivity (Wildman–Crippen MR) is 74.0 cm³/mol. The first kappa shape index (κ1) is 12.7. The van der Waals surface area contributed by atoms with Crippen molar-refractivity contribution in [1.82, 2.24) is 0 Å². The Kier molecular flexibility index (Phi) is 3.14. The number of fused-ring (bicyclic) bond motifs is 1. The summed E-state index contributed by atoms with van der Waals surface area (Å²) in [6, 6.07) is 12.0. The number of hydrogen-bond donors (Lipinski definition) is 1. The number of esters is 1. The average molecular weight is 271 g/mol. The lowest BCUT2D eigenvalue weighted by molar-refractivity contribution is 0.0469. The number of anilines is 1. The van der Waals surface area contributed by atoms with E-state index < -0.39 is 11.8 Å². The van der Waals surface area contributed by atoms with E-state index in [1.165, 1.54) is 29.3 Å². The minimum atomic E-state index is -0.533. The Morgan fingerprint density at radius 3 is 2.85 bits per heavy atom. The lowest BCUT2D eigenvalue weighted by Gasteiger charge is -2.29. The van der Waals surface area contributed by atoms with E-state index in [1.807, 2.05) is 18.2 Å². The summed E-state index contributed by atoms with van der Waals surface area (Å²) in [5.41, 5.74) is 8.20. The lowest BCUT2D eigenvalue weighted by Crippen LogP contribution is -2.23. The molecule has 0 heterocycles. The second-order valence-electron chi connectivity index (χ2n) is 4.93. The Balaban J connectivity index is 1.62. The third-order valence-corrected chi connectivity index (χ3v) is 3.61. The Labute approximate surface area is 116 Å². The zero-order valence-electron chi connectivity index (χ0n) is 10.8. The van der Waals surface area contributed by atoms with Gasteiger partial charge in [0.25, 0.3) is 0 Å². The summed E-state index contributed by atoms with van der Waals surface area (Å²) < 4.78 is 18.3. The standard InChI is InChI=1S/C16H14FNO2/c17-14-6-5-11(8-15(14)18)16(19)20-9-12-7-10-3-1-2-4-13(10)12/h1-6,8,12H,7,9,18H2. The van der Waals surface area contributed by atoms with Crippen LogP contribution in [0.2, 0.25) is 0 Å². The Morgan fingerprint density at radius 2 is 2.10 bits per heavy atom. The maximum atomic E-state index is 13.0. The summed E-state index contributed by atoms with van der Waals surface area (Å²) in [5.74, 6) is -0.747. The highest BCUT2D eigenvalue weighted by molar-refractivity contribution is 5.90. The van der Waals surface area contributed by atoms with Crippen molar-refractivity contribution in [2.24, 2.45) is 0 Å². The molecule has 0 fully saturated rings. The average Bonchev–Trinajstić information content (AvgIpc) is 2.42. The maximum Gasteiger partial charge on any atom is 0.338 e. The highest BCUT2D eigenvalue weighted by Crippen LogP contribution is 2.34. The molecular weight excluding hydrogens is 257 g/mol. The van der Waals surface area contributed by atoms with Gasteiger partial charge >= 0.3 is 5.97 Å². The maximum absolute atomic E-state index is 13.0. The normalized spacial score (nSPS) is 16.1. The van der Waals surface area contributed by atoms with Gasteiger partial charge < -0.3 is 10.5 Å². The van der Waals surface area contributed by atoms with Gasteiger partial charge in [0.05, 0.1) is 17.9 Å².